The molecule has 102 valence electrons. The van der Waals surface area contributed by atoms with E-state index in [1.807, 2.05) is 0 Å². The van der Waals surface area contributed by atoms with Crippen LogP contribution < -0.4 is 5.32 Å². The zero-order chi connectivity index (χ0) is 13.4. The average Bonchev–Trinajstić information content (AvgIpc) is 2.33. The Bertz CT molecular complexity index is 326. The van der Waals surface area contributed by atoms with Gasteiger partial charge in [0.15, 0.2) is 0 Å². The van der Waals surface area contributed by atoms with Gasteiger partial charge in [0, 0.05) is 11.6 Å². The second kappa shape index (κ2) is 8.20. The summed E-state index contributed by atoms with van der Waals surface area (Å²) in [6.45, 7) is 5.18. The molecule has 0 fully saturated rings. The van der Waals surface area contributed by atoms with Crippen molar-refractivity contribution < 1.29 is 8.78 Å². The van der Waals surface area contributed by atoms with E-state index >= 15 is 0 Å². The van der Waals surface area contributed by atoms with E-state index in [1.165, 1.54) is 18.2 Å². The Kier molecular flexibility index (Phi) is 6.88. The van der Waals surface area contributed by atoms with E-state index in [4.69, 9.17) is 0 Å². The fraction of sp³-hybridized carbons (Fsp3) is 0.600. The molecule has 0 aliphatic carbocycles. The van der Waals surface area contributed by atoms with Crippen molar-refractivity contribution >= 4 is 0 Å². The van der Waals surface area contributed by atoms with Crippen molar-refractivity contribution in [1.82, 2.24) is 5.32 Å². The monoisotopic (exact) mass is 255 g/mol. The molecule has 1 atom stereocenters. The number of rotatable bonds is 8. The van der Waals surface area contributed by atoms with E-state index in [-0.39, 0.29) is 5.56 Å². The SMILES string of the molecule is CCCC(CCCc1c(F)cccc1F)NCC. The van der Waals surface area contributed by atoms with Crippen molar-refractivity contribution in [2.45, 2.75) is 52.0 Å². The molecule has 18 heavy (non-hydrogen) atoms. The minimum absolute atomic E-state index is 0.226. The summed E-state index contributed by atoms with van der Waals surface area (Å²) in [6.07, 6.45) is 4.51. The Morgan fingerprint density at radius 2 is 1.78 bits per heavy atom. The summed E-state index contributed by atoms with van der Waals surface area (Å²) in [5.74, 6) is -0.851. The molecule has 0 heterocycles. The van der Waals surface area contributed by atoms with Crippen molar-refractivity contribution in [2.24, 2.45) is 0 Å². The van der Waals surface area contributed by atoms with Gasteiger partial charge in [0.25, 0.3) is 0 Å². The van der Waals surface area contributed by atoms with Gasteiger partial charge in [-0.15, -0.1) is 0 Å². The van der Waals surface area contributed by atoms with Crippen LogP contribution in [0.5, 0.6) is 0 Å². The third kappa shape index (κ3) is 4.73. The Labute approximate surface area is 109 Å². The van der Waals surface area contributed by atoms with Gasteiger partial charge in [0.1, 0.15) is 11.6 Å². The number of benzene rings is 1. The van der Waals surface area contributed by atoms with Gasteiger partial charge < -0.3 is 5.32 Å². The highest BCUT2D eigenvalue weighted by atomic mass is 19.1. The molecule has 1 unspecified atom stereocenters. The van der Waals surface area contributed by atoms with Gasteiger partial charge in [-0.05, 0) is 44.4 Å². The zero-order valence-electron chi connectivity index (χ0n) is 11.3. The van der Waals surface area contributed by atoms with E-state index in [2.05, 4.69) is 19.2 Å². The zero-order valence-corrected chi connectivity index (χ0v) is 11.3. The average molecular weight is 255 g/mol. The smallest absolute Gasteiger partial charge is 0.129 e. The topological polar surface area (TPSA) is 12.0 Å². The van der Waals surface area contributed by atoms with Crippen LogP contribution in [0.4, 0.5) is 8.78 Å². The van der Waals surface area contributed by atoms with Crippen molar-refractivity contribution in [3.8, 4) is 0 Å². The van der Waals surface area contributed by atoms with Crippen LogP contribution in [0.1, 0.15) is 45.1 Å². The number of nitrogens with one attached hydrogen (secondary N) is 1. The second-order valence-electron chi connectivity index (χ2n) is 4.64. The van der Waals surface area contributed by atoms with Crippen molar-refractivity contribution in [3.05, 3.63) is 35.4 Å². The number of hydrogen-bond acceptors (Lipinski definition) is 1. The van der Waals surface area contributed by atoms with Crippen LogP contribution in [-0.2, 0) is 6.42 Å². The van der Waals surface area contributed by atoms with Gasteiger partial charge in [0.05, 0.1) is 0 Å². The first-order valence-electron chi connectivity index (χ1n) is 6.85. The maximum absolute atomic E-state index is 13.4. The molecule has 0 amide bonds. The van der Waals surface area contributed by atoms with Crippen LogP contribution in [0.3, 0.4) is 0 Å². The minimum atomic E-state index is -0.425. The molecule has 0 saturated heterocycles. The van der Waals surface area contributed by atoms with Crippen molar-refractivity contribution in [3.63, 3.8) is 0 Å². The summed E-state index contributed by atoms with van der Waals surface area (Å²) in [7, 11) is 0. The Morgan fingerprint density at radius 3 is 2.33 bits per heavy atom. The van der Waals surface area contributed by atoms with Gasteiger partial charge in [0.2, 0.25) is 0 Å². The molecule has 1 rings (SSSR count). The largest absolute Gasteiger partial charge is 0.314 e. The molecule has 0 saturated carbocycles. The van der Waals surface area contributed by atoms with Gasteiger partial charge in [-0.3, -0.25) is 0 Å². The molecule has 1 aromatic rings. The molecule has 1 nitrogen and oxygen atoms in total. The summed E-state index contributed by atoms with van der Waals surface area (Å²) in [5, 5.41) is 3.41. The van der Waals surface area contributed by atoms with Crippen LogP contribution in [0, 0.1) is 11.6 Å². The molecular weight excluding hydrogens is 232 g/mol. The third-order valence-electron chi connectivity index (χ3n) is 3.17. The van der Waals surface area contributed by atoms with Gasteiger partial charge in [-0.2, -0.15) is 0 Å². The van der Waals surface area contributed by atoms with Gasteiger partial charge in [-0.1, -0.05) is 26.3 Å². The lowest BCUT2D eigenvalue weighted by Gasteiger charge is -2.17. The van der Waals surface area contributed by atoms with Crippen LogP contribution in [0.25, 0.3) is 0 Å². The lowest BCUT2D eigenvalue weighted by molar-refractivity contribution is 0.442. The summed E-state index contributed by atoms with van der Waals surface area (Å²) in [6, 6.07) is 4.53. The maximum Gasteiger partial charge on any atom is 0.129 e. The molecule has 1 aromatic carbocycles. The van der Waals surface area contributed by atoms with E-state index in [9.17, 15) is 8.78 Å². The second-order valence-corrected chi connectivity index (χ2v) is 4.64. The minimum Gasteiger partial charge on any atom is -0.314 e. The van der Waals surface area contributed by atoms with E-state index in [0.29, 0.717) is 12.5 Å². The molecule has 0 aliphatic rings. The summed E-state index contributed by atoms with van der Waals surface area (Å²) in [5.41, 5.74) is 0.226. The van der Waals surface area contributed by atoms with Crippen LogP contribution >= 0.6 is 0 Å². The van der Waals surface area contributed by atoms with Crippen molar-refractivity contribution in [1.29, 1.82) is 0 Å². The fourth-order valence-corrected chi connectivity index (χ4v) is 2.28. The summed E-state index contributed by atoms with van der Waals surface area (Å²) in [4.78, 5) is 0. The maximum atomic E-state index is 13.4. The molecule has 0 aromatic heterocycles. The molecule has 0 bridgehead atoms. The van der Waals surface area contributed by atoms with Crippen molar-refractivity contribution in [2.75, 3.05) is 6.54 Å². The first-order valence-corrected chi connectivity index (χ1v) is 6.85. The highest BCUT2D eigenvalue weighted by molar-refractivity contribution is 5.19. The predicted octanol–water partition coefficient (Wildman–Crippen LogP) is 4.07. The van der Waals surface area contributed by atoms with E-state index in [1.54, 1.807) is 0 Å². The van der Waals surface area contributed by atoms with Gasteiger partial charge in [-0.25, -0.2) is 8.78 Å². The first-order chi connectivity index (χ1) is 8.69. The summed E-state index contributed by atoms with van der Waals surface area (Å²) >= 11 is 0. The predicted molar refractivity (Wildman–Crippen MR) is 71.7 cm³/mol. The molecule has 0 radical (unpaired) electrons. The first kappa shape index (κ1) is 15.1. The Morgan fingerprint density at radius 1 is 1.11 bits per heavy atom. The highest BCUT2D eigenvalue weighted by Crippen LogP contribution is 2.16. The fourth-order valence-electron chi connectivity index (χ4n) is 2.28. The Balaban J connectivity index is 2.44. The number of halogens is 2. The quantitative estimate of drug-likeness (QED) is 0.738. The van der Waals surface area contributed by atoms with Crippen LogP contribution in [0.15, 0.2) is 18.2 Å². The van der Waals surface area contributed by atoms with E-state index in [0.717, 1.165) is 32.2 Å². The standard InChI is InChI=1S/C15H23F2N/c1-3-7-12(18-4-2)8-5-9-13-14(16)10-6-11-15(13)17/h6,10-12,18H,3-5,7-9H2,1-2H3. The lowest BCUT2D eigenvalue weighted by Crippen LogP contribution is -2.28. The van der Waals surface area contributed by atoms with E-state index < -0.39 is 11.6 Å². The van der Waals surface area contributed by atoms with Gasteiger partial charge >= 0.3 is 0 Å². The van der Waals surface area contributed by atoms with Crippen LogP contribution in [0.2, 0.25) is 0 Å². The molecular formula is C15H23F2N. The molecule has 0 aliphatic heterocycles. The Hall–Kier alpha value is -0.960. The molecule has 1 N–H and O–H groups in total. The summed E-state index contributed by atoms with van der Waals surface area (Å²) < 4.78 is 26.8. The lowest BCUT2D eigenvalue weighted by atomic mass is 10.0. The third-order valence-corrected chi connectivity index (χ3v) is 3.17. The molecule has 0 spiro atoms. The number of hydrogen-bond donors (Lipinski definition) is 1. The highest BCUT2D eigenvalue weighted by Gasteiger charge is 2.10. The van der Waals surface area contributed by atoms with Crippen LogP contribution in [-0.4, -0.2) is 12.6 Å². The normalized spacial score (nSPS) is 12.7. The molecule has 3 heteroatoms.